The summed E-state index contributed by atoms with van der Waals surface area (Å²) in [5.41, 5.74) is 1.18. The summed E-state index contributed by atoms with van der Waals surface area (Å²) < 4.78 is 0. The van der Waals surface area contributed by atoms with Crippen LogP contribution in [-0.2, 0) is 16.1 Å². The molecule has 0 N–H and O–H groups in total. The summed E-state index contributed by atoms with van der Waals surface area (Å²) in [5.74, 6) is 0.911. The number of nitrogens with zero attached hydrogens (tertiary/aromatic N) is 2. The SMILES string of the molecule is CCC(C)N(Cc1ccccc1)C(=O)C1CCN(C(=O)C2CC2)CC1. The molecule has 1 saturated carbocycles. The Morgan fingerprint density at radius 3 is 2.28 bits per heavy atom. The minimum absolute atomic E-state index is 0.0564. The molecule has 2 aliphatic rings. The molecule has 25 heavy (non-hydrogen) atoms. The number of piperidine rings is 1. The zero-order chi connectivity index (χ0) is 17.8. The van der Waals surface area contributed by atoms with Gasteiger partial charge in [0.05, 0.1) is 0 Å². The maximum atomic E-state index is 13.1. The lowest BCUT2D eigenvalue weighted by molar-refractivity contribution is -0.143. The molecule has 3 rings (SSSR count). The molecule has 1 aromatic carbocycles. The Bertz CT molecular complexity index is 589. The Balaban J connectivity index is 1.61. The Kier molecular flexibility index (Phi) is 5.77. The van der Waals surface area contributed by atoms with Crippen LogP contribution < -0.4 is 0 Å². The lowest BCUT2D eigenvalue weighted by Crippen LogP contribution is -2.46. The van der Waals surface area contributed by atoms with Gasteiger partial charge in [-0.1, -0.05) is 37.3 Å². The average Bonchev–Trinajstić information content (AvgIpc) is 3.50. The third-order valence-corrected chi connectivity index (χ3v) is 5.68. The van der Waals surface area contributed by atoms with Gasteiger partial charge in [-0.15, -0.1) is 0 Å². The normalized spacial score (nSPS) is 19.5. The molecule has 0 spiro atoms. The first-order chi connectivity index (χ1) is 12.1. The van der Waals surface area contributed by atoms with Crippen molar-refractivity contribution in [2.24, 2.45) is 11.8 Å². The molecule has 4 heteroatoms. The highest BCUT2D eigenvalue weighted by Crippen LogP contribution is 2.33. The first-order valence-corrected chi connectivity index (χ1v) is 9.73. The van der Waals surface area contributed by atoms with Crippen molar-refractivity contribution >= 4 is 11.8 Å². The lowest BCUT2D eigenvalue weighted by atomic mass is 9.94. The van der Waals surface area contributed by atoms with Gasteiger partial charge in [-0.2, -0.15) is 0 Å². The van der Waals surface area contributed by atoms with Crippen LogP contribution >= 0.6 is 0 Å². The van der Waals surface area contributed by atoms with E-state index in [-0.39, 0.29) is 23.8 Å². The van der Waals surface area contributed by atoms with Gasteiger partial charge in [0.25, 0.3) is 0 Å². The predicted molar refractivity (Wildman–Crippen MR) is 98.8 cm³/mol. The highest BCUT2D eigenvalue weighted by molar-refractivity contribution is 5.82. The summed E-state index contributed by atoms with van der Waals surface area (Å²) in [4.78, 5) is 29.4. The standard InChI is InChI=1S/C21H30N2O2/c1-3-16(2)23(15-17-7-5-4-6-8-17)21(25)19-11-13-22(14-12-19)20(24)18-9-10-18/h4-8,16,18-19H,3,9-15H2,1-2H3. The molecule has 1 saturated heterocycles. The fraction of sp³-hybridized carbons (Fsp3) is 0.619. The zero-order valence-electron chi connectivity index (χ0n) is 15.5. The van der Waals surface area contributed by atoms with Gasteiger partial charge in [-0.05, 0) is 44.6 Å². The van der Waals surface area contributed by atoms with Crippen LogP contribution in [0.1, 0.15) is 51.5 Å². The highest BCUT2D eigenvalue weighted by Gasteiger charge is 2.37. The summed E-state index contributed by atoms with van der Waals surface area (Å²) in [6, 6.07) is 10.5. The van der Waals surface area contributed by atoms with Crippen molar-refractivity contribution in [3.05, 3.63) is 35.9 Å². The van der Waals surface area contributed by atoms with Gasteiger partial charge in [-0.3, -0.25) is 9.59 Å². The molecule has 1 heterocycles. The largest absolute Gasteiger partial charge is 0.342 e. The van der Waals surface area contributed by atoms with Crippen LogP contribution in [0.2, 0.25) is 0 Å². The number of hydrogen-bond donors (Lipinski definition) is 0. The average molecular weight is 342 g/mol. The predicted octanol–water partition coefficient (Wildman–Crippen LogP) is 3.46. The molecule has 1 aliphatic carbocycles. The zero-order valence-corrected chi connectivity index (χ0v) is 15.5. The second-order valence-corrected chi connectivity index (χ2v) is 7.58. The van der Waals surface area contributed by atoms with Crippen LogP contribution in [0, 0.1) is 11.8 Å². The molecule has 4 nitrogen and oxygen atoms in total. The third-order valence-electron chi connectivity index (χ3n) is 5.68. The summed E-state index contributed by atoms with van der Waals surface area (Å²) in [6.45, 7) is 6.42. The van der Waals surface area contributed by atoms with E-state index in [2.05, 4.69) is 26.0 Å². The number of carbonyl (C=O) groups excluding carboxylic acids is 2. The van der Waals surface area contributed by atoms with Gasteiger partial charge < -0.3 is 9.80 Å². The van der Waals surface area contributed by atoms with Gasteiger partial charge in [0.15, 0.2) is 0 Å². The molecule has 1 unspecified atom stereocenters. The van der Waals surface area contributed by atoms with E-state index in [0.717, 1.165) is 45.2 Å². The second kappa shape index (κ2) is 8.03. The molecule has 0 bridgehead atoms. The number of rotatable bonds is 6. The maximum Gasteiger partial charge on any atom is 0.226 e. The van der Waals surface area contributed by atoms with Crippen molar-refractivity contribution < 1.29 is 9.59 Å². The first kappa shape index (κ1) is 18.0. The first-order valence-electron chi connectivity index (χ1n) is 9.73. The molecule has 2 fully saturated rings. The third kappa shape index (κ3) is 4.42. The van der Waals surface area contributed by atoms with E-state index in [9.17, 15) is 9.59 Å². The van der Waals surface area contributed by atoms with Crippen molar-refractivity contribution in [3.8, 4) is 0 Å². The molecule has 1 aromatic rings. The van der Waals surface area contributed by atoms with Gasteiger partial charge in [0, 0.05) is 37.5 Å². The van der Waals surface area contributed by atoms with E-state index < -0.39 is 0 Å². The van der Waals surface area contributed by atoms with Crippen LogP contribution in [-0.4, -0.2) is 40.7 Å². The van der Waals surface area contributed by atoms with Crippen molar-refractivity contribution in [3.63, 3.8) is 0 Å². The summed E-state index contributed by atoms with van der Waals surface area (Å²) in [5, 5.41) is 0. The van der Waals surface area contributed by atoms with E-state index in [1.165, 1.54) is 5.56 Å². The molecule has 0 aromatic heterocycles. The van der Waals surface area contributed by atoms with Gasteiger partial charge in [0.2, 0.25) is 11.8 Å². The van der Waals surface area contributed by atoms with Gasteiger partial charge >= 0.3 is 0 Å². The van der Waals surface area contributed by atoms with Crippen LogP contribution in [0.5, 0.6) is 0 Å². The Hall–Kier alpha value is -1.84. The second-order valence-electron chi connectivity index (χ2n) is 7.58. The number of benzene rings is 1. The smallest absolute Gasteiger partial charge is 0.226 e. The maximum absolute atomic E-state index is 13.1. The van der Waals surface area contributed by atoms with E-state index >= 15 is 0 Å². The molecular weight excluding hydrogens is 312 g/mol. The summed E-state index contributed by atoms with van der Waals surface area (Å²) in [6.07, 6.45) is 4.67. The topological polar surface area (TPSA) is 40.6 Å². The van der Waals surface area contributed by atoms with Crippen molar-refractivity contribution in [1.29, 1.82) is 0 Å². The summed E-state index contributed by atoms with van der Waals surface area (Å²) >= 11 is 0. The minimum Gasteiger partial charge on any atom is -0.342 e. The Labute approximate surface area is 151 Å². The molecule has 0 radical (unpaired) electrons. The van der Waals surface area contributed by atoms with Crippen molar-refractivity contribution in [2.45, 2.75) is 58.5 Å². The van der Waals surface area contributed by atoms with Gasteiger partial charge in [-0.25, -0.2) is 0 Å². The van der Waals surface area contributed by atoms with Crippen LogP contribution in [0.3, 0.4) is 0 Å². The van der Waals surface area contributed by atoms with Crippen LogP contribution in [0.15, 0.2) is 30.3 Å². The molecule has 136 valence electrons. The van der Waals surface area contributed by atoms with E-state index in [1.54, 1.807) is 0 Å². The lowest BCUT2D eigenvalue weighted by Gasteiger charge is -2.36. The molecular formula is C21H30N2O2. The van der Waals surface area contributed by atoms with E-state index in [4.69, 9.17) is 0 Å². The number of carbonyl (C=O) groups is 2. The fourth-order valence-corrected chi connectivity index (χ4v) is 3.62. The molecule has 1 atom stereocenters. The molecule has 1 aliphatic heterocycles. The molecule has 2 amide bonds. The quantitative estimate of drug-likeness (QED) is 0.794. The highest BCUT2D eigenvalue weighted by atomic mass is 16.2. The van der Waals surface area contributed by atoms with Crippen LogP contribution in [0.25, 0.3) is 0 Å². The summed E-state index contributed by atoms with van der Waals surface area (Å²) in [7, 11) is 0. The number of hydrogen-bond acceptors (Lipinski definition) is 2. The Morgan fingerprint density at radius 2 is 1.72 bits per heavy atom. The number of amides is 2. The van der Waals surface area contributed by atoms with Crippen LogP contribution in [0.4, 0.5) is 0 Å². The fourth-order valence-electron chi connectivity index (χ4n) is 3.62. The monoisotopic (exact) mass is 342 g/mol. The van der Waals surface area contributed by atoms with Crippen molar-refractivity contribution in [1.82, 2.24) is 9.80 Å². The number of likely N-dealkylation sites (tertiary alicyclic amines) is 1. The van der Waals surface area contributed by atoms with Gasteiger partial charge in [0.1, 0.15) is 0 Å². The van der Waals surface area contributed by atoms with E-state index in [0.29, 0.717) is 12.5 Å². The Morgan fingerprint density at radius 1 is 1.08 bits per heavy atom. The minimum atomic E-state index is 0.0564. The van der Waals surface area contributed by atoms with Crippen molar-refractivity contribution in [2.75, 3.05) is 13.1 Å². The van der Waals surface area contributed by atoms with E-state index in [1.807, 2.05) is 28.0 Å².